The Bertz CT molecular complexity index is 1280. The molecule has 9 nitrogen and oxygen atoms in total. The van der Waals surface area contributed by atoms with E-state index in [-0.39, 0.29) is 23.7 Å². The number of aromatic nitrogens is 3. The summed E-state index contributed by atoms with van der Waals surface area (Å²) < 4.78 is 41.0. The van der Waals surface area contributed by atoms with E-state index < -0.39 is 22.1 Å². The molecule has 1 aromatic carbocycles. The molecule has 2 aliphatic heterocycles. The predicted molar refractivity (Wildman–Crippen MR) is 111 cm³/mol. The molecule has 1 fully saturated rings. The van der Waals surface area contributed by atoms with Crippen LogP contribution in [0.2, 0.25) is 0 Å². The van der Waals surface area contributed by atoms with Crippen molar-refractivity contribution in [1.82, 2.24) is 19.5 Å². The van der Waals surface area contributed by atoms with Crippen molar-refractivity contribution in [2.75, 3.05) is 19.8 Å². The molecular weight excluding hydrogens is 420 g/mol. The molecule has 2 atom stereocenters. The van der Waals surface area contributed by atoms with Crippen LogP contribution >= 0.6 is 0 Å². The van der Waals surface area contributed by atoms with Crippen molar-refractivity contribution in [1.29, 1.82) is 0 Å². The highest BCUT2D eigenvalue weighted by Crippen LogP contribution is 2.28. The van der Waals surface area contributed by atoms with Gasteiger partial charge in [0.05, 0.1) is 42.5 Å². The molecule has 1 saturated heterocycles. The molecule has 1 N–H and O–H groups in total. The van der Waals surface area contributed by atoms with E-state index in [1.165, 1.54) is 16.8 Å². The van der Waals surface area contributed by atoms with Crippen LogP contribution in [0.3, 0.4) is 0 Å². The first-order chi connectivity index (χ1) is 15.0. The van der Waals surface area contributed by atoms with Crippen molar-refractivity contribution < 1.29 is 17.9 Å². The van der Waals surface area contributed by atoms with Crippen LogP contribution in [0.4, 0.5) is 0 Å². The molecule has 3 aromatic rings. The van der Waals surface area contributed by atoms with Gasteiger partial charge in [0, 0.05) is 30.4 Å². The van der Waals surface area contributed by atoms with Crippen molar-refractivity contribution in [3.63, 3.8) is 0 Å². The Morgan fingerprint density at radius 3 is 2.74 bits per heavy atom. The highest BCUT2D eigenvalue weighted by atomic mass is 32.2. The zero-order valence-corrected chi connectivity index (χ0v) is 17.3. The Hall–Kier alpha value is -3.08. The van der Waals surface area contributed by atoms with Crippen molar-refractivity contribution in [3.8, 4) is 17.0 Å². The maximum absolute atomic E-state index is 13.0. The summed E-state index contributed by atoms with van der Waals surface area (Å²) in [5, 5.41) is 4.47. The second-order valence-electron chi connectivity index (χ2n) is 7.44. The largest absolute Gasteiger partial charge is 0.493 e. The fourth-order valence-corrected chi connectivity index (χ4v) is 5.14. The van der Waals surface area contributed by atoms with Crippen LogP contribution in [0, 0.1) is 0 Å². The number of hydrogen-bond donors (Lipinski definition) is 1. The smallest absolute Gasteiger partial charge is 0.267 e. The van der Waals surface area contributed by atoms with E-state index in [0.29, 0.717) is 24.5 Å². The fraction of sp³-hybridized carbons (Fsp3) is 0.286. The maximum Gasteiger partial charge on any atom is 0.267 e. The van der Waals surface area contributed by atoms with Gasteiger partial charge in [0.1, 0.15) is 5.75 Å². The minimum atomic E-state index is -3.82. The summed E-state index contributed by atoms with van der Waals surface area (Å²) in [5.74, 6) is 0.713. The Balaban J connectivity index is 1.43. The lowest BCUT2D eigenvalue weighted by atomic mass is 10.1. The molecule has 0 saturated carbocycles. The van der Waals surface area contributed by atoms with E-state index in [2.05, 4.69) is 14.8 Å². The fourth-order valence-electron chi connectivity index (χ4n) is 3.83. The number of fused-ring (bicyclic) bond motifs is 1. The van der Waals surface area contributed by atoms with Gasteiger partial charge in [-0.05, 0) is 42.0 Å². The van der Waals surface area contributed by atoms with Gasteiger partial charge in [0.15, 0.2) is 0 Å². The van der Waals surface area contributed by atoms with E-state index in [4.69, 9.17) is 9.47 Å². The van der Waals surface area contributed by atoms with Crippen molar-refractivity contribution >= 4 is 10.0 Å². The SMILES string of the molecule is O=c1ccc(-c2ccncc2)nn1C1COCC1NS(=O)(=O)c1ccc2c(c1)CCO2. The van der Waals surface area contributed by atoms with Gasteiger partial charge in [0.2, 0.25) is 10.0 Å². The van der Waals surface area contributed by atoms with Gasteiger partial charge in [-0.3, -0.25) is 9.78 Å². The topological polar surface area (TPSA) is 112 Å². The van der Waals surface area contributed by atoms with Crippen LogP contribution < -0.4 is 15.0 Å². The standard InChI is InChI=1S/C21H20N4O5S/c26-21-4-2-17(14-5-8-22-9-6-14)23-25(21)19-13-29-12-18(19)24-31(27,28)16-1-3-20-15(11-16)7-10-30-20/h1-6,8-9,11,18-19,24H,7,10,12-13H2. The number of hydrogen-bond acceptors (Lipinski definition) is 7. The molecule has 10 heteroatoms. The van der Waals surface area contributed by atoms with Gasteiger partial charge in [-0.15, -0.1) is 0 Å². The molecule has 0 bridgehead atoms. The molecule has 5 rings (SSSR count). The summed E-state index contributed by atoms with van der Waals surface area (Å²) in [7, 11) is -3.82. The second kappa shape index (κ2) is 7.88. The zero-order valence-electron chi connectivity index (χ0n) is 16.5. The second-order valence-corrected chi connectivity index (χ2v) is 9.15. The Kier molecular flexibility index (Phi) is 5.05. The number of benzene rings is 1. The molecule has 0 aliphatic carbocycles. The van der Waals surface area contributed by atoms with Gasteiger partial charge in [-0.25, -0.2) is 17.8 Å². The molecule has 0 radical (unpaired) electrons. The number of nitrogens with one attached hydrogen (secondary N) is 1. The number of rotatable bonds is 5. The lowest BCUT2D eigenvalue weighted by molar-refractivity contribution is 0.182. The first kappa shape index (κ1) is 19.9. The first-order valence-electron chi connectivity index (χ1n) is 9.87. The van der Waals surface area contributed by atoms with Crippen LogP contribution in [0.5, 0.6) is 5.75 Å². The van der Waals surface area contributed by atoms with Crippen molar-refractivity contribution in [3.05, 3.63) is 70.8 Å². The molecule has 2 unspecified atom stereocenters. The van der Waals surface area contributed by atoms with Gasteiger partial charge in [-0.1, -0.05) is 0 Å². The molecule has 0 spiro atoms. The van der Waals surface area contributed by atoms with Crippen molar-refractivity contribution in [2.24, 2.45) is 0 Å². The third-order valence-corrected chi connectivity index (χ3v) is 6.93. The van der Waals surface area contributed by atoms with E-state index >= 15 is 0 Å². The molecule has 4 heterocycles. The van der Waals surface area contributed by atoms with Gasteiger partial charge >= 0.3 is 0 Å². The van der Waals surface area contributed by atoms with E-state index in [1.54, 1.807) is 42.7 Å². The van der Waals surface area contributed by atoms with Crippen LogP contribution in [0.1, 0.15) is 11.6 Å². The minimum Gasteiger partial charge on any atom is -0.493 e. The van der Waals surface area contributed by atoms with E-state index in [1.807, 2.05) is 0 Å². The van der Waals surface area contributed by atoms with Crippen LogP contribution in [-0.4, -0.2) is 49.0 Å². The normalized spacial score (nSPS) is 20.4. The van der Waals surface area contributed by atoms with Crippen LogP contribution in [0.25, 0.3) is 11.3 Å². The molecule has 160 valence electrons. The average Bonchev–Trinajstić information content (AvgIpc) is 3.43. The van der Waals surface area contributed by atoms with Crippen LogP contribution in [-0.2, 0) is 21.2 Å². The summed E-state index contributed by atoms with van der Waals surface area (Å²) in [6, 6.07) is 10.3. The maximum atomic E-state index is 13.0. The zero-order chi connectivity index (χ0) is 21.4. The third-order valence-electron chi connectivity index (χ3n) is 5.44. The lowest BCUT2D eigenvalue weighted by Crippen LogP contribution is -2.44. The highest BCUT2D eigenvalue weighted by molar-refractivity contribution is 7.89. The summed E-state index contributed by atoms with van der Waals surface area (Å²) in [6.07, 6.45) is 3.96. The average molecular weight is 440 g/mol. The Morgan fingerprint density at radius 2 is 1.90 bits per heavy atom. The highest BCUT2D eigenvalue weighted by Gasteiger charge is 2.35. The van der Waals surface area contributed by atoms with E-state index in [0.717, 1.165) is 11.1 Å². The van der Waals surface area contributed by atoms with Gasteiger partial charge in [-0.2, -0.15) is 5.10 Å². The first-order valence-corrected chi connectivity index (χ1v) is 11.4. The molecule has 0 amide bonds. The molecule has 2 aliphatic rings. The molecule has 31 heavy (non-hydrogen) atoms. The summed E-state index contributed by atoms with van der Waals surface area (Å²) in [4.78, 5) is 16.7. The Labute approximate surface area is 178 Å². The number of sulfonamides is 1. The minimum absolute atomic E-state index is 0.144. The Morgan fingerprint density at radius 1 is 1.06 bits per heavy atom. The number of pyridine rings is 1. The predicted octanol–water partition coefficient (Wildman–Crippen LogP) is 1.16. The monoisotopic (exact) mass is 440 g/mol. The quantitative estimate of drug-likeness (QED) is 0.633. The number of nitrogens with zero attached hydrogens (tertiary/aromatic N) is 3. The molecular formula is C21H20N4O5S. The van der Waals surface area contributed by atoms with E-state index in [9.17, 15) is 13.2 Å². The summed E-state index contributed by atoms with van der Waals surface area (Å²) in [5.41, 5.74) is 1.94. The third kappa shape index (κ3) is 3.85. The van der Waals surface area contributed by atoms with Gasteiger partial charge in [0.25, 0.3) is 5.56 Å². The summed E-state index contributed by atoms with van der Waals surface area (Å²) >= 11 is 0. The van der Waals surface area contributed by atoms with Crippen LogP contribution in [0.15, 0.2) is 64.5 Å². The number of ether oxygens (including phenoxy) is 2. The lowest BCUT2D eigenvalue weighted by Gasteiger charge is -2.21. The van der Waals surface area contributed by atoms with Crippen molar-refractivity contribution in [2.45, 2.75) is 23.4 Å². The summed E-state index contributed by atoms with van der Waals surface area (Å²) in [6.45, 7) is 0.872. The molecule has 2 aromatic heterocycles. The van der Waals surface area contributed by atoms with Gasteiger partial charge < -0.3 is 9.47 Å².